The van der Waals surface area contributed by atoms with Crippen LogP contribution < -0.4 is 5.32 Å². The Kier molecular flexibility index (Phi) is 6.12. The number of methoxy groups -OCH3 is 1. The maximum Gasteiger partial charge on any atom is 0.408 e. The lowest BCUT2D eigenvalue weighted by molar-refractivity contribution is -0.145. The second-order valence-electron chi connectivity index (χ2n) is 2.77. The van der Waals surface area contributed by atoms with Crippen molar-refractivity contribution in [2.75, 3.05) is 13.7 Å². The van der Waals surface area contributed by atoms with Crippen molar-refractivity contribution >= 4 is 12.1 Å². The Hall–Kier alpha value is -1.56. The van der Waals surface area contributed by atoms with E-state index in [2.05, 4.69) is 21.4 Å². The summed E-state index contributed by atoms with van der Waals surface area (Å²) in [5.74, 6) is -0.736. The van der Waals surface area contributed by atoms with Gasteiger partial charge in [-0.3, -0.25) is 0 Å². The van der Waals surface area contributed by atoms with Crippen molar-refractivity contribution in [2.45, 2.75) is 19.1 Å². The molecule has 2 N–H and O–H groups in total. The molecule has 2 atom stereocenters. The molecule has 1 amide bonds. The average Bonchev–Trinajstić information content (AvgIpc) is 2.21. The highest BCUT2D eigenvalue weighted by Crippen LogP contribution is 1.96. The van der Waals surface area contributed by atoms with Gasteiger partial charge in [0.15, 0.2) is 6.04 Å². The second-order valence-corrected chi connectivity index (χ2v) is 2.77. The van der Waals surface area contributed by atoms with E-state index in [0.29, 0.717) is 0 Å². The summed E-state index contributed by atoms with van der Waals surface area (Å²) in [5, 5.41) is 11.4. The molecule has 0 aromatic heterocycles. The summed E-state index contributed by atoms with van der Waals surface area (Å²) in [4.78, 5) is 22.1. The third-order valence-electron chi connectivity index (χ3n) is 1.54. The first-order valence-electron chi connectivity index (χ1n) is 4.33. The van der Waals surface area contributed by atoms with Gasteiger partial charge in [-0.1, -0.05) is 12.7 Å². The molecule has 86 valence electrons. The van der Waals surface area contributed by atoms with Gasteiger partial charge in [0.1, 0.15) is 6.61 Å². The van der Waals surface area contributed by atoms with Crippen LogP contribution in [0.3, 0.4) is 0 Å². The van der Waals surface area contributed by atoms with E-state index in [1.165, 1.54) is 13.0 Å². The monoisotopic (exact) mass is 217 g/mol. The van der Waals surface area contributed by atoms with E-state index >= 15 is 0 Å². The first-order valence-corrected chi connectivity index (χ1v) is 4.33. The lowest BCUT2D eigenvalue weighted by Crippen LogP contribution is -2.48. The molecule has 6 heteroatoms. The minimum atomic E-state index is -1.13. The molecular formula is C9H15NO5. The Bertz CT molecular complexity index is 239. The van der Waals surface area contributed by atoms with Crippen LogP contribution >= 0.6 is 0 Å². The Labute approximate surface area is 87.9 Å². The molecule has 0 bridgehead atoms. The molecule has 0 saturated carbocycles. The van der Waals surface area contributed by atoms with Gasteiger partial charge in [0, 0.05) is 0 Å². The quantitative estimate of drug-likeness (QED) is 0.493. The maximum atomic E-state index is 11.1. The van der Waals surface area contributed by atoms with Gasteiger partial charge in [-0.2, -0.15) is 0 Å². The summed E-state index contributed by atoms with van der Waals surface area (Å²) in [5.41, 5.74) is 0. The number of hydrogen-bond donors (Lipinski definition) is 2. The highest BCUT2D eigenvalue weighted by atomic mass is 16.6. The fourth-order valence-corrected chi connectivity index (χ4v) is 0.807. The smallest absolute Gasteiger partial charge is 0.408 e. The fourth-order valence-electron chi connectivity index (χ4n) is 0.807. The molecule has 0 aromatic carbocycles. The van der Waals surface area contributed by atoms with Crippen molar-refractivity contribution < 1.29 is 24.2 Å². The number of ether oxygens (including phenoxy) is 2. The topological polar surface area (TPSA) is 84.9 Å². The zero-order valence-corrected chi connectivity index (χ0v) is 8.73. The van der Waals surface area contributed by atoms with Crippen LogP contribution in [0.1, 0.15) is 6.92 Å². The third-order valence-corrected chi connectivity index (χ3v) is 1.54. The summed E-state index contributed by atoms with van der Waals surface area (Å²) in [6.45, 7) is 4.74. The summed E-state index contributed by atoms with van der Waals surface area (Å²) in [6.07, 6.45) is -0.491. The predicted octanol–water partition coefficient (Wildman–Crippen LogP) is -0.179. The normalized spacial score (nSPS) is 13.5. The van der Waals surface area contributed by atoms with Gasteiger partial charge in [0.25, 0.3) is 0 Å². The first kappa shape index (κ1) is 13.4. The number of aliphatic hydroxyl groups is 1. The minimum Gasteiger partial charge on any atom is -0.467 e. The maximum absolute atomic E-state index is 11.1. The number of alkyl carbamates (subject to hydrolysis) is 1. The predicted molar refractivity (Wildman–Crippen MR) is 52.2 cm³/mol. The van der Waals surface area contributed by atoms with Gasteiger partial charge in [0.05, 0.1) is 13.2 Å². The number of hydrogen-bond acceptors (Lipinski definition) is 5. The molecule has 0 aliphatic heterocycles. The van der Waals surface area contributed by atoms with E-state index in [1.54, 1.807) is 0 Å². The van der Waals surface area contributed by atoms with Crippen LogP contribution in [0.25, 0.3) is 0 Å². The molecule has 6 nitrogen and oxygen atoms in total. The molecule has 0 spiro atoms. The number of esters is 1. The van der Waals surface area contributed by atoms with E-state index < -0.39 is 24.2 Å². The number of amides is 1. The number of carbonyl (C=O) groups is 2. The second kappa shape index (κ2) is 6.83. The number of rotatable bonds is 5. The number of carbonyl (C=O) groups excluding carboxylic acids is 2. The average molecular weight is 217 g/mol. The summed E-state index contributed by atoms with van der Waals surface area (Å²) >= 11 is 0. The lowest BCUT2D eigenvalue weighted by Gasteiger charge is -2.18. The zero-order chi connectivity index (χ0) is 11.8. The lowest BCUT2D eigenvalue weighted by atomic mass is 10.2. The van der Waals surface area contributed by atoms with Crippen LogP contribution in [-0.2, 0) is 14.3 Å². The van der Waals surface area contributed by atoms with Gasteiger partial charge in [-0.15, -0.1) is 0 Å². The van der Waals surface area contributed by atoms with Gasteiger partial charge < -0.3 is 19.9 Å². The van der Waals surface area contributed by atoms with Gasteiger partial charge >= 0.3 is 12.1 Å². The molecule has 0 aliphatic rings. The van der Waals surface area contributed by atoms with Crippen LogP contribution in [0.15, 0.2) is 12.7 Å². The zero-order valence-electron chi connectivity index (χ0n) is 8.73. The van der Waals surface area contributed by atoms with Crippen molar-refractivity contribution in [3.63, 3.8) is 0 Å². The molecule has 0 aromatic rings. The largest absolute Gasteiger partial charge is 0.467 e. The van der Waals surface area contributed by atoms with Crippen molar-refractivity contribution in [3.8, 4) is 0 Å². The van der Waals surface area contributed by atoms with Crippen LogP contribution in [0.2, 0.25) is 0 Å². The molecule has 0 aliphatic carbocycles. The van der Waals surface area contributed by atoms with Crippen molar-refractivity contribution in [3.05, 3.63) is 12.7 Å². The Morgan fingerprint density at radius 3 is 2.60 bits per heavy atom. The van der Waals surface area contributed by atoms with Crippen molar-refractivity contribution in [1.29, 1.82) is 0 Å². The molecular weight excluding hydrogens is 202 g/mol. The molecule has 0 unspecified atom stereocenters. The van der Waals surface area contributed by atoms with E-state index in [1.807, 2.05) is 0 Å². The van der Waals surface area contributed by atoms with Crippen LogP contribution in [0, 0.1) is 0 Å². The van der Waals surface area contributed by atoms with Crippen molar-refractivity contribution in [2.24, 2.45) is 0 Å². The molecule has 0 rings (SSSR count). The van der Waals surface area contributed by atoms with E-state index in [-0.39, 0.29) is 6.61 Å². The number of aliphatic hydroxyl groups excluding tert-OH is 1. The Morgan fingerprint density at radius 2 is 2.20 bits per heavy atom. The SMILES string of the molecule is C=CCOC(=O)N[C@H](C(=O)OC)[C@@H](C)O. The van der Waals surface area contributed by atoms with E-state index in [9.17, 15) is 14.7 Å². The van der Waals surface area contributed by atoms with Gasteiger partial charge in [-0.05, 0) is 6.92 Å². The first-order chi connectivity index (χ1) is 7.02. The highest BCUT2D eigenvalue weighted by Gasteiger charge is 2.26. The fraction of sp³-hybridized carbons (Fsp3) is 0.556. The van der Waals surface area contributed by atoms with Crippen LogP contribution in [0.4, 0.5) is 4.79 Å². The molecule has 0 fully saturated rings. The van der Waals surface area contributed by atoms with Crippen molar-refractivity contribution in [1.82, 2.24) is 5.32 Å². The molecule has 0 heterocycles. The van der Waals surface area contributed by atoms with Gasteiger partial charge in [-0.25, -0.2) is 9.59 Å². The van der Waals surface area contributed by atoms with Crippen LogP contribution in [-0.4, -0.2) is 43.0 Å². The molecule has 0 radical (unpaired) electrons. The summed E-state index contributed by atoms with van der Waals surface area (Å²) < 4.78 is 8.97. The Morgan fingerprint density at radius 1 is 1.60 bits per heavy atom. The van der Waals surface area contributed by atoms with Gasteiger partial charge in [0.2, 0.25) is 0 Å². The summed E-state index contributed by atoms with van der Waals surface area (Å²) in [7, 11) is 1.16. The summed E-state index contributed by atoms with van der Waals surface area (Å²) in [6, 6.07) is -1.13. The molecule has 0 saturated heterocycles. The van der Waals surface area contributed by atoms with Crippen LogP contribution in [0.5, 0.6) is 0 Å². The van der Waals surface area contributed by atoms with E-state index in [4.69, 9.17) is 0 Å². The number of nitrogens with one attached hydrogen (secondary N) is 1. The highest BCUT2D eigenvalue weighted by molar-refractivity contribution is 5.81. The molecule has 15 heavy (non-hydrogen) atoms. The third kappa shape index (κ3) is 5.02. The minimum absolute atomic E-state index is 0.0273. The van der Waals surface area contributed by atoms with E-state index in [0.717, 1.165) is 7.11 Å². The standard InChI is InChI=1S/C9H15NO5/c1-4-5-15-9(13)10-7(6(2)11)8(12)14-3/h4,6-7,11H,1,5H2,2-3H3,(H,10,13)/t6-,7+/m1/s1. The Balaban J connectivity index is 4.22.